The first-order chi connectivity index (χ1) is 21.2. The minimum Gasteiger partial charge on any atom is -0.516 e. The number of nitrogens with one attached hydrogen (secondary N) is 3. The minimum absolute atomic E-state index is 0.0487. The highest BCUT2D eigenvalue weighted by atomic mass is 32.2. The number of benzene rings is 1. The molecule has 1 aromatic rings. The maximum atomic E-state index is 14.0. The largest absolute Gasteiger partial charge is 0.516 e. The number of alkyl carbamates (subject to hydrolysis) is 1. The van der Waals surface area contributed by atoms with Crippen LogP contribution in [0.2, 0.25) is 16.1 Å². The van der Waals surface area contributed by atoms with Crippen LogP contribution in [0.3, 0.4) is 0 Å². The summed E-state index contributed by atoms with van der Waals surface area (Å²) < 4.78 is 39.5. The Bertz CT molecular complexity index is 1350. The molecule has 47 heavy (non-hydrogen) atoms. The molecule has 1 rings (SSSR count). The van der Waals surface area contributed by atoms with Crippen LogP contribution >= 0.6 is 0 Å². The van der Waals surface area contributed by atoms with Crippen molar-refractivity contribution in [1.82, 2.24) is 15.4 Å². The number of aliphatic imine (C=N–C) groups is 1. The third-order valence-corrected chi connectivity index (χ3v) is 15.8. The fourth-order valence-electron chi connectivity index (χ4n) is 5.44. The average Bonchev–Trinajstić information content (AvgIpc) is 2.86. The molecule has 0 bridgehead atoms. The maximum absolute atomic E-state index is 14.0. The molecular formula is C33H59N5O7SSi. The van der Waals surface area contributed by atoms with Crippen LogP contribution in [0.1, 0.15) is 101 Å². The quantitative estimate of drug-likeness (QED) is 0.0902. The zero-order valence-electron chi connectivity index (χ0n) is 30.7. The van der Waals surface area contributed by atoms with E-state index in [1.54, 1.807) is 32.9 Å². The molecule has 2 atom stereocenters. The smallest absolute Gasteiger partial charge is 0.408 e. The number of guanidine groups is 1. The predicted molar refractivity (Wildman–Crippen MR) is 189 cm³/mol. The van der Waals surface area contributed by atoms with Gasteiger partial charge in [-0.1, -0.05) is 73.1 Å². The van der Waals surface area contributed by atoms with E-state index < -0.39 is 54.0 Å². The second-order valence-electron chi connectivity index (χ2n) is 15.6. The van der Waals surface area contributed by atoms with Gasteiger partial charge in [0, 0.05) is 6.54 Å². The Balaban J connectivity index is 3.24. The van der Waals surface area contributed by atoms with Crippen molar-refractivity contribution in [2.24, 2.45) is 16.6 Å². The van der Waals surface area contributed by atoms with Gasteiger partial charge >= 0.3 is 12.1 Å². The molecule has 268 valence electrons. The SMILES string of the molecule is Cc1ccc(S(=O)(=O)NC(N)=NCCC[C@H](NC(=O)[C@H](C)NC(=O)OC(C)(C)C)C(=O)O[Si](CC(C)C)(C(C)(C)C)C(C)(C)C)cc1. The summed E-state index contributed by atoms with van der Waals surface area (Å²) in [7, 11) is -6.79. The summed E-state index contributed by atoms with van der Waals surface area (Å²) in [5.74, 6) is -1.18. The van der Waals surface area contributed by atoms with Gasteiger partial charge in [0.15, 0.2) is 0 Å². The molecule has 0 radical (unpaired) electrons. The molecule has 2 amide bonds. The predicted octanol–water partition coefficient (Wildman–Crippen LogP) is 5.51. The summed E-state index contributed by atoms with van der Waals surface area (Å²) in [5, 5.41) is 4.63. The van der Waals surface area contributed by atoms with Crippen LogP contribution in [0.5, 0.6) is 0 Å². The van der Waals surface area contributed by atoms with Crippen LogP contribution in [0.15, 0.2) is 34.2 Å². The van der Waals surface area contributed by atoms with E-state index in [0.717, 1.165) is 11.6 Å². The molecule has 1 aromatic carbocycles. The van der Waals surface area contributed by atoms with E-state index in [9.17, 15) is 22.8 Å². The van der Waals surface area contributed by atoms with Gasteiger partial charge in [0.05, 0.1) is 4.90 Å². The van der Waals surface area contributed by atoms with Gasteiger partial charge in [-0.3, -0.25) is 14.6 Å². The second-order valence-corrected chi connectivity index (χ2v) is 22.6. The lowest BCUT2D eigenvalue weighted by Gasteiger charge is -2.51. The molecule has 0 unspecified atom stereocenters. The number of carbonyl (C=O) groups is 3. The number of carbonyl (C=O) groups excluding carboxylic acids is 3. The minimum atomic E-state index is -3.93. The highest BCUT2D eigenvalue weighted by molar-refractivity contribution is 7.90. The van der Waals surface area contributed by atoms with Crippen molar-refractivity contribution >= 4 is 42.3 Å². The number of amides is 2. The summed E-state index contributed by atoms with van der Waals surface area (Å²) in [6.45, 7) is 25.3. The number of sulfonamides is 1. The van der Waals surface area contributed by atoms with Crippen molar-refractivity contribution in [2.45, 2.75) is 142 Å². The van der Waals surface area contributed by atoms with E-state index in [2.05, 4.69) is 75.7 Å². The number of rotatable bonds is 13. The highest BCUT2D eigenvalue weighted by Gasteiger charge is 2.58. The zero-order valence-corrected chi connectivity index (χ0v) is 32.5. The van der Waals surface area contributed by atoms with E-state index in [4.69, 9.17) is 14.9 Å². The van der Waals surface area contributed by atoms with E-state index in [0.29, 0.717) is 0 Å². The maximum Gasteiger partial charge on any atom is 0.408 e. The molecule has 0 saturated heterocycles. The lowest BCUT2D eigenvalue weighted by Crippen LogP contribution is -2.59. The number of aryl methyl sites for hydroxylation is 1. The fraction of sp³-hybridized carbons (Fsp3) is 0.697. The first-order valence-corrected chi connectivity index (χ1v) is 19.7. The summed E-state index contributed by atoms with van der Waals surface area (Å²) in [6.07, 6.45) is -0.364. The first kappa shape index (κ1) is 41.9. The van der Waals surface area contributed by atoms with E-state index in [1.807, 2.05) is 6.92 Å². The topological polar surface area (TPSA) is 178 Å². The second kappa shape index (κ2) is 16.3. The number of nitrogens with zero attached hydrogens (tertiary/aromatic N) is 1. The molecule has 0 fully saturated rings. The van der Waals surface area contributed by atoms with Gasteiger partial charge in [0.2, 0.25) is 11.9 Å². The van der Waals surface area contributed by atoms with E-state index in [-0.39, 0.29) is 46.2 Å². The van der Waals surface area contributed by atoms with Crippen molar-refractivity contribution < 1.29 is 32.0 Å². The van der Waals surface area contributed by atoms with Crippen LogP contribution in [0, 0.1) is 12.8 Å². The van der Waals surface area contributed by atoms with Gasteiger partial charge in [0.25, 0.3) is 18.3 Å². The average molecular weight is 698 g/mol. The summed E-state index contributed by atoms with van der Waals surface area (Å²) in [6, 6.07) is 4.96. The molecule has 0 aromatic heterocycles. The Kier molecular flexibility index (Phi) is 14.5. The van der Waals surface area contributed by atoms with Crippen molar-refractivity contribution in [3.63, 3.8) is 0 Å². The van der Waals surface area contributed by atoms with Gasteiger partial charge in [0.1, 0.15) is 17.7 Å². The monoisotopic (exact) mass is 697 g/mol. The summed E-state index contributed by atoms with van der Waals surface area (Å²) in [4.78, 5) is 43.8. The number of ether oxygens (including phenoxy) is 1. The number of hydrogen-bond acceptors (Lipinski definition) is 8. The fourth-order valence-corrected chi connectivity index (χ4v) is 12.2. The van der Waals surface area contributed by atoms with Crippen molar-refractivity contribution in [1.29, 1.82) is 0 Å². The Labute approximate surface area is 283 Å². The van der Waals surface area contributed by atoms with Crippen molar-refractivity contribution in [3.8, 4) is 0 Å². The van der Waals surface area contributed by atoms with Crippen LogP contribution in [-0.2, 0) is 28.8 Å². The van der Waals surface area contributed by atoms with E-state index >= 15 is 0 Å². The Morgan fingerprint density at radius 3 is 1.91 bits per heavy atom. The third-order valence-electron chi connectivity index (χ3n) is 7.62. The number of nitrogens with two attached hydrogens (primary N) is 1. The Hall–Kier alpha value is -3.13. The number of hydrogen-bond donors (Lipinski definition) is 4. The van der Waals surface area contributed by atoms with Crippen molar-refractivity contribution in [2.75, 3.05) is 6.54 Å². The van der Waals surface area contributed by atoms with Gasteiger partial charge < -0.3 is 25.5 Å². The molecule has 0 spiro atoms. The van der Waals surface area contributed by atoms with Gasteiger partial charge in [-0.05, 0) is 81.6 Å². The van der Waals surface area contributed by atoms with E-state index in [1.165, 1.54) is 19.1 Å². The van der Waals surface area contributed by atoms with Gasteiger partial charge in [-0.2, -0.15) is 0 Å². The van der Waals surface area contributed by atoms with Crippen LogP contribution < -0.4 is 21.1 Å². The van der Waals surface area contributed by atoms with Crippen LogP contribution in [-0.4, -0.2) is 64.9 Å². The molecule has 0 aliphatic rings. The molecule has 12 nitrogen and oxygen atoms in total. The molecule has 14 heteroatoms. The summed E-state index contributed by atoms with van der Waals surface area (Å²) in [5.41, 5.74) is 6.05. The Morgan fingerprint density at radius 1 is 0.915 bits per heavy atom. The first-order valence-electron chi connectivity index (χ1n) is 16.1. The molecule has 5 N–H and O–H groups in total. The van der Waals surface area contributed by atoms with Gasteiger partial charge in [-0.15, -0.1) is 0 Å². The third kappa shape index (κ3) is 13.1. The normalized spacial score (nSPS) is 14.6. The molecule has 0 aliphatic heterocycles. The lowest BCUT2D eigenvalue weighted by atomic mass is 10.1. The molecule has 0 heterocycles. The Morgan fingerprint density at radius 2 is 1.45 bits per heavy atom. The molecule has 0 aliphatic carbocycles. The zero-order chi connectivity index (χ0) is 36.6. The standard InChI is InChI=1S/C33H59N5O7SSi/c1-22(2)21-47(32(8,9)10,33(11,12)13)45-28(40)26(37-27(39)24(4)36-30(41)44-31(5,6)7)15-14-20-35-29(34)38-46(42,43)25-18-16-23(3)17-19-25/h16-19,22,24,26H,14-15,20-21H2,1-13H3,(H,36,41)(H,37,39)(H3,34,35,38)/t24-,26-/m0/s1. The summed E-state index contributed by atoms with van der Waals surface area (Å²) >= 11 is 0. The highest BCUT2D eigenvalue weighted by Crippen LogP contribution is 2.55. The van der Waals surface area contributed by atoms with Gasteiger partial charge in [-0.25, -0.2) is 17.9 Å². The molecule has 0 saturated carbocycles. The molecular weight excluding hydrogens is 639 g/mol. The van der Waals surface area contributed by atoms with Crippen LogP contribution in [0.25, 0.3) is 0 Å². The van der Waals surface area contributed by atoms with Crippen molar-refractivity contribution in [3.05, 3.63) is 29.8 Å². The lowest BCUT2D eigenvalue weighted by molar-refractivity contribution is -0.141. The van der Waals surface area contributed by atoms with Crippen LogP contribution in [0.4, 0.5) is 4.79 Å².